The minimum Gasteiger partial charge on any atom is -0.508 e. The second-order valence-electron chi connectivity index (χ2n) is 23.6. The van der Waals surface area contributed by atoms with Crippen molar-refractivity contribution < 1.29 is 92.7 Å². The van der Waals surface area contributed by atoms with Crippen molar-refractivity contribution in [3.63, 3.8) is 0 Å². The second kappa shape index (κ2) is 27.3. The van der Waals surface area contributed by atoms with Crippen LogP contribution in [-0.2, 0) is 51.3 Å². The molecule has 6 heterocycles. The molecule has 17 bridgehead atoms. The molecule has 100 heavy (non-hydrogen) atoms. The molecule has 15 rings (SSSR count). The predicted octanol–water partition coefficient (Wildman–Crippen LogP) is 8.16. The first-order valence-corrected chi connectivity index (χ1v) is 31.4. The Morgan fingerprint density at radius 2 is 1.09 bits per heavy atom. The summed E-state index contributed by atoms with van der Waals surface area (Å²) < 4.78 is 31.3. The van der Waals surface area contributed by atoms with Crippen LogP contribution in [0.5, 0.6) is 69.0 Å². The maximum atomic E-state index is 16.2. The number of nitrogens with one attached hydrogen (secondary N) is 6. The van der Waals surface area contributed by atoms with Crippen molar-refractivity contribution in [3.05, 3.63) is 236 Å². The van der Waals surface area contributed by atoms with Crippen LogP contribution in [0.2, 0.25) is 10.0 Å². The number of aliphatic hydroxyl groups is 1. The first-order chi connectivity index (χ1) is 48.0. The fourth-order valence-electron chi connectivity index (χ4n) is 11.9. The highest BCUT2D eigenvalue weighted by Gasteiger charge is 2.42. The number of ether oxygens (including phenoxy) is 5. The number of esters is 2. The zero-order chi connectivity index (χ0) is 70.4. The van der Waals surface area contributed by atoms with Gasteiger partial charge in [-0.3, -0.25) is 28.8 Å². The first kappa shape index (κ1) is 66.3. The monoisotopic (exact) mass is 1390 g/mol. The number of phenols is 5. The van der Waals surface area contributed by atoms with E-state index < -0.39 is 141 Å². The molecule has 6 aliphatic heterocycles. The van der Waals surface area contributed by atoms with E-state index in [4.69, 9.17) is 52.6 Å². The van der Waals surface area contributed by atoms with Crippen LogP contribution in [0.15, 0.2) is 176 Å². The van der Waals surface area contributed by atoms with Crippen molar-refractivity contribution in [2.45, 2.75) is 61.4 Å². The number of halogens is 2. The Hall–Kier alpha value is -12.4. The van der Waals surface area contributed by atoms with E-state index in [1.54, 1.807) is 36.4 Å². The van der Waals surface area contributed by atoms with Gasteiger partial charge in [0.15, 0.2) is 29.0 Å². The van der Waals surface area contributed by atoms with Crippen LogP contribution in [0.25, 0.3) is 11.1 Å². The molecule has 28 heteroatoms. The third kappa shape index (κ3) is 13.6. The van der Waals surface area contributed by atoms with Crippen molar-refractivity contribution in [2.75, 3.05) is 0 Å². The molecule has 0 saturated heterocycles. The summed E-state index contributed by atoms with van der Waals surface area (Å²) in [5.74, 6) is -14.7. The van der Waals surface area contributed by atoms with Gasteiger partial charge in [-0.05, 0) is 130 Å². The van der Waals surface area contributed by atoms with Crippen molar-refractivity contribution >= 4 is 70.6 Å². The van der Waals surface area contributed by atoms with Gasteiger partial charge in [0.1, 0.15) is 89.2 Å². The summed E-state index contributed by atoms with van der Waals surface area (Å²) in [5, 5.41) is 84.9. The Labute approximate surface area is 575 Å². The molecule has 8 atom stereocenters. The van der Waals surface area contributed by atoms with E-state index in [0.29, 0.717) is 11.1 Å². The maximum Gasteiger partial charge on any atom is 0.345 e. The van der Waals surface area contributed by atoms with Gasteiger partial charge in [-0.25, -0.2) is 9.59 Å². The molecule has 0 unspecified atom stereocenters. The number of amides is 6. The van der Waals surface area contributed by atoms with Gasteiger partial charge < -0.3 is 92.0 Å². The van der Waals surface area contributed by atoms with Crippen molar-refractivity contribution in [3.8, 4) is 80.1 Å². The highest BCUT2D eigenvalue weighted by Crippen LogP contribution is 2.49. The molecule has 6 aliphatic rings. The molecule has 0 aromatic heterocycles. The molecule has 0 radical (unpaired) electrons. The Bertz CT molecular complexity index is 4870. The summed E-state index contributed by atoms with van der Waals surface area (Å²) in [6, 6.07) is 24.9. The Balaban J connectivity index is 1.03. The van der Waals surface area contributed by atoms with Crippen molar-refractivity contribution in [2.24, 2.45) is 5.73 Å². The number of hydrogen-bond acceptors (Lipinski definition) is 20. The molecular weight excluding hydrogens is 1340 g/mol. The molecule has 14 N–H and O–H groups in total. The summed E-state index contributed by atoms with van der Waals surface area (Å²) in [6.07, 6.45) is -2.52. The van der Waals surface area contributed by atoms with E-state index >= 15 is 24.0 Å². The van der Waals surface area contributed by atoms with E-state index in [0.717, 1.165) is 42.5 Å². The van der Waals surface area contributed by atoms with E-state index in [9.17, 15) is 45.0 Å². The van der Waals surface area contributed by atoms with Gasteiger partial charge in [0.25, 0.3) is 0 Å². The average Bonchev–Trinajstić information content (AvgIpc) is 0.770. The first-order valence-electron chi connectivity index (χ1n) is 30.6. The molecule has 9 aromatic rings. The van der Waals surface area contributed by atoms with E-state index in [-0.39, 0.29) is 96.7 Å². The lowest BCUT2D eigenvalue weighted by Gasteiger charge is -2.31. The van der Waals surface area contributed by atoms with Gasteiger partial charge in [0.2, 0.25) is 41.2 Å². The smallest absolute Gasteiger partial charge is 0.345 e. The summed E-state index contributed by atoms with van der Waals surface area (Å²) in [7, 11) is 0. The zero-order valence-electron chi connectivity index (χ0n) is 51.6. The van der Waals surface area contributed by atoms with Crippen LogP contribution in [-0.4, -0.2) is 90.1 Å². The average molecular weight is 1390 g/mol. The number of nitrogens with two attached hydrogens (primary N) is 1. The zero-order valence-corrected chi connectivity index (χ0v) is 53.1. The van der Waals surface area contributed by atoms with Gasteiger partial charge in [-0.2, -0.15) is 0 Å². The standard InChI is InChI=1S/C72H55Cl2N7O19/c73-45-19-33-11-17-51(45)98-54-26-39-27-55(64(54)96-31-32-7-3-1-4-8-32)99-52-18-14-37(24-46(52)74)63(87)62-70(93)80-61(72(95)100-71(94)34-9-5-2-6-10-34)44-29-41(83)30-50(86)56(44)43-23-36(13-15-48(43)84)58(67(90)81-62)78-69(92)60(39)79-68(91)59-38-21-40(82)28-42(22-38)97-53-25-35(12-16-49(53)85)57(75)66(89)76-47(20-33)65(88)77-59/h1-19,21-30,47,57-63,82-87H,20,31,75H2,(H,76,89)(H,77,88)(H,78,92)(H,79,91)(H,80,93)(H,81,90)/t47-,57-,58-,59+,60-,61-,62+,63-/m1/s1. The normalized spacial score (nSPS) is 20.3. The van der Waals surface area contributed by atoms with Crippen LogP contribution in [0.1, 0.15) is 91.2 Å². The lowest BCUT2D eigenvalue weighted by molar-refractivity contribution is -0.144. The van der Waals surface area contributed by atoms with Gasteiger partial charge in [-0.15, -0.1) is 0 Å². The van der Waals surface area contributed by atoms with E-state index in [1.807, 2.05) is 0 Å². The number of aliphatic hydroxyl groups excluding tert-OH is 1. The van der Waals surface area contributed by atoms with Crippen LogP contribution in [0.3, 0.4) is 0 Å². The quantitative estimate of drug-likeness (QED) is 0.0570. The van der Waals surface area contributed by atoms with Gasteiger partial charge in [0, 0.05) is 35.2 Å². The summed E-state index contributed by atoms with van der Waals surface area (Å²) in [6.45, 7) is -0.183. The van der Waals surface area contributed by atoms with Crippen LogP contribution < -0.4 is 56.6 Å². The minimum atomic E-state index is -2.26. The fourth-order valence-corrected chi connectivity index (χ4v) is 12.3. The highest BCUT2D eigenvalue weighted by atomic mass is 35.5. The maximum absolute atomic E-state index is 16.2. The van der Waals surface area contributed by atoms with Crippen molar-refractivity contribution in [1.29, 1.82) is 0 Å². The largest absolute Gasteiger partial charge is 0.508 e. The number of carbonyl (C=O) groups is 8. The summed E-state index contributed by atoms with van der Waals surface area (Å²) >= 11 is 14.2. The van der Waals surface area contributed by atoms with Crippen LogP contribution >= 0.6 is 23.2 Å². The van der Waals surface area contributed by atoms with Gasteiger partial charge >= 0.3 is 11.9 Å². The number of fused-ring (bicyclic) bond motifs is 14. The molecule has 9 aromatic carbocycles. The Kier molecular flexibility index (Phi) is 18.1. The van der Waals surface area contributed by atoms with E-state index in [1.165, 1.54) is 97.1 Å². The molecule has 0 saturated carbocycles. The SMILES string of the molecule is N[C@H]1C(=O)N[C@@H]2Cc3ccc(c(Cl)c3)Oc3cc4cc(c3OCc3ccccc3)Oc3ccc(cc3Cl)[C@@H](O)[C@@H]3NC(=O)[C@H](NC(=O)[C@@H]4NC(=O)[C@@H](NC2=O)c2cc(O)cc(c2)Oc2cc1ccc2O)c1ccc(O)c(c1)-c1c(O)cc(O)cc1[C@H](C(=O)OC(=O)c1ccccc1)NC3=O. The second-order valence-corrected chi connectivity index (χ2v) is 24.4. The number of phenolic OH excluding ortho intramolecular Hbond substituents is 5. The number of hydrogen-bond donors (Lipinski definition) is 13. The predicted molar refractivity (Wildman–Crippen MR) is 353 cm³/mol. The lowest BCUT2D eigenvalue weighted by Crippen LogP contribution is -2.55. The number of benzene rings is 9. The third-order valence-corrected chi connectivity index (χ3v) is 17.4. The van der Waals surface area contributed by atoms with Crippen LogP contribution in [0.4, 0.5) is 0 Å². The Morgan fingerprint density at radius 1 is 0.500 bits per heavy atom. The molecule has 26 nitrogen and oxygen atoms in total. The topological polar surface area (TPSA) is 402 Å². The molecule has 0 aliphatic carbocycles. The number of aromatic hydroxyl groups is 5. The molecule has 6 amide bonds. The molecule has 0 spiro atoms. The van der Waals surface area contributed by atoms with E-state index in [2.05, 4.69) is 31.9 Å². The summed E-state index contributed by atoms with van der Waals surface area (Å²) in [5.41, 5.74) is 5.04. The van der Waals surface area contributed by atoms with Crippen molar-refractivity contribution in [1.82, 2.24) is 31.9 Å². The fraction of sp³-hybridized carbons (Fsp3) is 0.139. The van der Waals surface area contributed by atoms with Gasteiger partial charge in [-0.1, -0.05) is 96.0 Å². The van der Waals surface area contributed by atoms with Crippen LogP contribution in [0, 0.1) is 0 Å². The lowest BCUT2D eigenvalue weighted by atomic mass is 9.89. The third-order valence-electron chi connectivity index (χ3n) is 16.8. The molecule has 506 valence electrons. The number of rotatable bonds is 5. The highest BCUT2D eigenvalue weighted by molar-refractivity contribution is 6.32. The molecule has 0 fully saturated rings. The summed E-state index contributed by atoms with van der Waals surface area (Å²) in [4.78, 5) is 121. The minimum absolute atomic E-state index is 0.0707. The van der Waals surface area contributed by atoms with Gasteiger partial charge in [0.05, 0.1) is 15.6 Å². The number of carbonyl (C=O) groups excluding carboxylic acids is 8. The Morgan fingerprint density at radius 3 is 1.78 bits per heavy atom. The molecular formula is C72H55Cl2N7O19.